The molecule has 0 aliphatic carbocycles. The molecule has 0 aliphatic rings. The smallest absolute Gasteiger partial charge is 0.213 e. The Balaban J connectivity index is 1.87. The maximum atomic E-state index is 5.25. The average Bonchev–Trinajstić information content (AvgIpc) is 3.05. The SMILES string of the molecule is COc1ccc2[nH]c3c(-c4ccnc5cccnc45)nccc3c2n1. The predicted octanol–water partition coefficient (Wildman–Crippen LogP) is 3.73. The van der Waals surface area contributed by atoms with Gasteiger partial charge in [-0.1, -0.05) is 0 Å². The highest BCUT2D eigenvalue weighted by Gasteiger charge is 2.15. The largest absolute Gasteiger partial charge is 0.481 e. The molecule has 6 nitrogen and oxygen atoms in total. The lowest BCUT2D eigenvalue weighted by Gasteiger charge is -2.05. The number of hydrogen-bond donors (Lipinski definition) is 1. The molecule has 0 aromatic carbocycles. The first kappa shape index (κ1) is 13.9. The lowest BCUT2D eigenvalue weighted by atomic mass is 10.1. The molecule has 120 valence electrons. The molecule has 5 heterocycles. The van der Waals surface area contributed by atoms with E-state index in [-0.39, 0.29) is 0 Å². The van der Waals surface area contributed by atoms with Crippen LogP contribution in [0.1, 0.15) is 0 Å². The van der Waals surface area contributed by atoms with Gasteiger partial charge in [0.15, 0.2) is 0 Å². The Morgan fingerprint density at radius 2 is 1.80 bits per heavy atom. The number of aromatic amines is 1. The monoisotopic (exact) mass is 327 g/mol. The summed E-state index contributed by atoms with van der Waals surface area (Å²) in [5.74, 6) is 0.586. The number of methoxy groups -OCH3 is 1. The zero-order valence-corrected chi connectivity index (χ0v) is 13.4. The highest BCUT2D eigenvalue weighted by atomic mass is 16.5. The molecule has 0 spiro atoms. The normalized spacial score (nSPS) is 11.4. The summed E-state index contributed by atoms with van der Waals surface area (Å²) in [6.07, 6.45) is 5.34. The van der Waals surface area contributed by atoms with E-state index in [0.29, 0.717) is 5.88 Å². The summed E-state index contributed by atoms with van der Waals surface area (Å²) in [7, 11) is 1.62. The van der Waals surface area contributed by atoms with Crippen LogP contribution in [0.5, 0.6) is 5.88 Å². The molecule has 0 fully saturated rings. The summed E-state index contributed by atoms with van der Waals surface area (Å²) in [5, 5.41) is 1.000. The Morgan fingerprint density at radius 3 is 2.72 bits per heavy atom. The molecule has 6 heteroatoms. The van der Waals surface area contributed by atoms with Crippen LogP contribution in [0.3, 0.4) is 0 Å². The Labute approximate surface area is 142 Å². The third-order valence-corrected chi connectivity index (χ3v) is 4.30. The minimum Gasteiger partial charge on any atom is -0.481 e. The molecular formula is C19H13N5O. The standard InChI is InChI=1S/C19H13N5O/c1-25-15-5-4-14-17(24-15)12-7-10-22-18(19(12)23-14)11-6-9-20-13-3-2-8-21-16(11)13/h2-10,23H,1H3. The Morgan fingerprint density at radius 1 is 0.880 bits per heavy atom. The molecule has 0 aliphatic heterocycles. The lowest BCUT2D eigenvalue weighted by molar-refractivity contribution is 0.399. The van der Waals surface area contributed by atoms with Crippen LogP contribution < -0.4 is 4.74 Å². The summed E-state index contributed by atoms with van der Waals surface area (Å²) >= 11 is 0. The van der Waals surface area contributed by atoms with E-state index in [2.05, 4.69) is 24.9 Å². The molecule has 0 saturated heterocycles. The van der Waals surface area contributed by atoms with Crippen LogP contribution in [0.2, 0.25) is 0 Å². The van der Waals surface area contributed by atoms with Crippen LogP contribution in [0.15, 0.2) is 55.0 Å². The van der Waals surface area contributed by atoms with Gasteiger partial charge in [-0.25, -0.2) is 4.98 Å². The van der Waals surface area contributed by atoms with Crippen molar-refractivity contribution >= 4 is 33.0 Å². The number of nitrogens with zero attached hydrogens (tertiary/aromatic N) is 4. The third-order valence-electron chi connectivity index (χ3n) is 4.30. The number of ether oxygens (including phenoxy) is 1. The van der Waals surface area contributed by atoms with E-state index in [1.807, 2.05) is 36.4 Å². The molecule has 5 aromatic rings. The van der Waals surface area contributed by atoms with Crippen molar-refractivity contribution in [3.05, 3.63) is 55.0 Å². The molecule has 1 N–H and O–H groups in total. The van der Waals surface area contributed by atoms with Crippen molar-refractivity contribution in [2.75, 3.05) is 7.11 Å². The first-order chi connectivity index (χ1) is 12.3. The Hall–Kier alpha value is -3.54. The highest BCUT2D eigenvalue weighted by Crippen LogP contribution is 2.33. The molecule has 0 saturated carbocycles. The van der Waals surface area contributed by atoms with E-state index < -0.39 is 0 Å². The van der Waals surface area contributed by atoms with E-state index in [1.165, 1.54) is 0 Å². The summed E-state index contributed by atoms with van der Waals surface area (Å²) in [5.41, 5.74) is 6.18. The van der Waals surface area contributed by atoms with E-state index >= 15 is 0 Å². The van der Waals surface area contributed by atoms with Gasteiger partial charge in [-0.3, -0.25) is 15.0 Å². The van der Waals surface area contributed by atoms with Crippen molar-refractivity contribution in [3.8, 4) is 17.1 Å². The van der Waals surface area contributed by atoms with E-state index in [4.69, 9.17) is 4.74 Å². The van der Waals surface area contributed by atoms with E-state index in [0.717, 1.165) is 44.2 Å². The molecule has 5 aromatic heterocycles. The summed E-state index contributed by atoms with van der Waals surface area (Å²) in [6.45, 7) is 0. The van der Waals surface area contributed by atoms with Gasteiger partial charge in [-0.05, 0) is 30.3 Å². The van der Waals surface area contributed by atoms with E-state index in [9.17, 15) is 0 Å². The highest BCUT2D eigenvalue weighted by molar-refractivity contribution is 6.10. The van der Waals surface area contributed by atoms with Crippen molar-refractivity contribution in [3.63, 3.8) is 0 Å². The van der Waals surface area contributed by atoms with Crippen LogP contribution in [0.4, 0.5) is 0 Å². The number of pyridine rings is 4. The third kappa shape index (κ3) is 2.04. The number of nitrogens with one attached hydrogen (secondary N) is 1. The lowest BCUT2D eigenvalue weighted by Crippen LogP contribution is -1.90. The van der Waals surface area contributed by atoms with Crippen LogP contribution in [0, 0.1) is 0 Å². The number of hydrogen-bond acceptors (Lipinski definition) is 5. The summed E-state index contributed by atoms with van der Waals surface area (Å²) in [6, 6.07) is 11.5. The second-order valence-electron chi connectivity index (χ2n) is 5.69. The van der Waals surface area contributed by atoms with Crippen LogP contribution in [-0.2, 0) is 0 Å². The fourth-order valence-electron chi connectivity index (χ4n) is 3.16. The van der Waals surface area contributed by atoms with E-state index in [1.54, 1.807) is 25.7 Å². The topological polar surface area (TPSA) is 76.6 Å². The minimum absolute atomic E-state index is 0.586. The van der Waals surface area contributed by atoms with Crippen molar-refractivity contribution in [2.45, 2.75) is 0 Å². The number of aromatic nitrogens is 5. The zero-order valence-electron chi connectivity index (χ0n) is 13.4. The van der Waals surface area contributed by atoms with Gasteiger partial charge in [0.05, 0.1) is 40.4 Å². The van der Waals surface area contributed by atoms with Gasteiger partial charge in [0.25, 0.3) is 0 Å². The number of fused-ring (bicyclic) bond motifs is 4. The maximum absolute atomic E-state index is 5.25. The maximum Gasteiger partial charge on any atom is 0.213 e. The first-order valence-corrected chi connectivity index (χ1v) is 7.87. The Kier molecular flexibility index (Phi) is 2.90. The van der Waals surface area contributed by atoms with Gasteiger partial charge < -0.3 is 9.72 Å². The number of H-pyrrole nitrogens is 1. The quantitative estimate of drug-likeness (QED) is 0.534. The van der Waals surface area contributed by atoms with Gasteiger partial charge in [0.1, 0.15) is 0 Å². The zero-order chi connectivity index (χ0) is 16.8. The second kappa shape index (κ2) is 5.24. The molecule has 0 atom stereocenters. The molecule has 0 amide bonds. The number of rotatable bonds is 2. The van der Waals surface area contributed by atoms with Gasteiger partial charge in [0, 0.05) is 35.6 Å². The van der Waals surface area contributed by atoms with Crippen molar-refractivity contribution in [1.29, 1.82) is 0 Å². The molecule has 0 bridgehead atoms. The Bertz CT molecular complexity index is 1240. The fourth-order valence-corrected chi connectivity index (χ4v) is 3.16. The van der Waals surface area contributed by atoms with Crippen molar-refractivity contribution in [1.82, 2.24) is 24.9 Å². The molecule has 0 unspecified atom stereocenters. The average molecular weight is 327 g/mol. The molecule has 25 heavy (non-hydrogen) atoms. The van der Waals surface area contributed by atoms with Gasteiger partial charge >= 0.3 is 0 Å². The predicted molar refractivity (Wildman–Crippen MR) is 96.5 cm³/mol. The first-order valence-electron chi connectivity index (χ1n) is 7.87. The van der Waals surface area contributed by atoms with Gasteiger partial charge in [-0.15, -0.1) is 0 Å². The molecular weight excluding hydrogens is 314 g/mol. The van der Waals surface area contributed by atoms with Crippen LogP contribution in [0.25, 0.3) is 44.2 Å². The van der Waals surface area contributed by atoms with Gasteiger partial charge in [-0.2, -0.15) is 0 Å². The second-order valence-corrected chi connectivity index (χ2v) is 5.69. The van der Waals surface area contributed by atoms with Gasteiger partial charge in [0.2, 0.25) is 5.88 Å². The van der Waals surface area contributed by atoms with Crippen LogP contribution >= 0.6 is 0 Å². The fraction of sp³-hybridized carbons (Fsp3) is 0.0526. The summed E-state index contributed by atoms with van der Waals surface area (Å²) in [4.78, 5) is 21.5. The van der Waals surface area contributed by atoms with Crippen molar-refractivity contribution in [2.24, 2.45) is 0 Å². The minimum atomic E-state index is 0.586. The van der Waals surface area contributed by atoms with Crippen LogP contribution in [-0.4, -0.2) is 32.0 Å². The van der Waals surface area contributed by atoms with Crippen molar-refractivity contribution < 1.29 is 4.74 Å². The molecule has 5 rings (SSSR count). The molecule has 0 radical (unpaired) electrons. The summed E-state index contributed by atoms with van der Waals surface area (Å²) < 4.78 is 5.25.